The highest BCUT2D eigenvalue weighted by Gasteiger charge is 2.72. The van der Waals surface area contributed by atoms with Crippen LogP contribution in [0.1, 0.15) is 98.8 Å². The second-order valence-electron chi connectivity index (χ2n) is 22.5. The fourth-order valence-corrected chi connectivity index (χ4v) is 14.6. The van der Waals surface area contributed by atoms with E-state index in [-0.39, 0.29) is 38.2 Å². The van der Waals surface area contributed by atoms with Gasteiger partial charge in [0.05, 0.1) is 42.2 Å². The third kappa shape index (κ3) is 7.80. The second kappa shape index (κ2) is 18.2. The molecule has 5 aliphatic carbocycles. The molecule has 0 spiro atoms. The Kier molecular flexibility index (Phi) is 13.9. The van der Waals surface area contributed by atoms with Crippen LogP contribution in [0.2, 0.25) is 0 Å². The zero-order chi connectivity index (χ0) is 49.8. The number of aliphatic hydroxyl groups is 10. The van der Waals surface area contributed by atoms with Gasteiger partial charge < -0.3 is 89.7 Å². The summed E-state index contributed by atoms with van der Waals surface area (Å²) < 4.78 is 34.6. The smallest absolute Gasteiger partial charge is 0.315 e. The van der Waals surface area contributed by atoms with Gasteiger partial charge in [-0.25, -0.2) is 0 Å². The molecule has 0 radical (unpaired) electrons. The average Bonchev–Trinajstić information content (AvgIpc) is 3.29. The first-order chi connectivity index (χ1) is 31.8. The maximum atomic E-state index is 15.0. The van der Waals surface area contributed by atoms with Crippen LogP contribution < -0.4 is 0 Å². The molecule has 0 aromatic rings. The number of carbonyl (C=O) groups is 3. The van der Waals surface area contributed by atoms with Crippen molar-refractivity contribution in [1.82, 2.24) is 0 Å². The number of aliphatic hydroxyl groups excluding tert-OH is 10. The van der Waals surface area contributed by atoms with Crippen molar-refractivity contribution in [2.45, 2.75) is 191 Å². The Balaban J connectivity index is 1.05. The van der Waals surface area contributed by atoms with E-state index >= 15 is 0 Å². The fraction of sp³-hybridized carbons (Fsp3) is 0.894. The molecule has 0 amide bonds. The molecule has 0 bridgehead atoms. The van der Waals surface area contributed by atoms with Crippen LogP contribution in [0.3, 0.4) is 0 Å². The van der Waals surface area contributed by atoms with Gasteiger partial charge in [0.25, 0.3) is 0 Å². The molecule has 3 aliphatic heterocycles. The van der Waals surface area contributed by atoms with Crippen molar-refractivity contribution < 1.29 is 104 Å². The van der Waals surface area contributed by atoms with Gasteiger partial charge in [0.15, 0.2) is 12.6 Å². The minimum Gasteiger partial charge on any atom is -0.481 e. The Labute approximate surface area is 393 Å². The van der Waals surface area contributed by atoms with Crippen molar-refractivity contribution in [2.24, 2.45) is 50.2 Å². The normalized spacial score (nSPS) is 53.7. The Morgan fingerprint density at radius 3 is 1.94 bits per heavy atom. The van der Waals surface area contributed by atoms with E-state index in [4.69, 9.17) is 28.4 Å². The summed E-state index contributed by atoms with van der Waals surface area (Å²) in [5.41, 5.74) is -4.68. The van der Waals surface area contributed by atoms with E-state index in [0.29, 0.717) is 38.5 Å². The predicted octanol–water partition coefficient (Wildman–Crippen LogP) is -1.09. The lowest BCUT2D eigenvalue weighted by atomic mass is 9.33. The SMILES string of the molecule is C[C@@]1(C(=O)O)CC[C@]2(C(=O)O[C@@H]3O[C@H](CO[C@@H]4O[C@H](CO)[C@@H](O)[C@H](O)[C@H]4O)[C@@H](O)[C@H](O)[C@H]3O)CC[C@]3(C)C(=CC[C@@H]4[C@@]5(C)CC[C@H](O[C@@H]6OC[C@H](O)[C@H](O)[C@H]6O)[C@@](C)(C(=O)O)[C@@H]5CC[C@]43C)[C@@H]2C1. The number of carboxylic acid groups (broad SMARTS) is 2. The summed E-state index contributed by atoms with van der Waals surface area (Å²) in [4.78, 5) is 41.5. The maximum Gasteiger partial charge on any atom is 0.315 e. The Morgan fingerprint density at radius 1 is 0.676 bits per heavy atom. The first-order valence-electron chi connectivity index (χ1n) is 24.1. The van der Waals surface area contributed by atoms with Crippen LogP contribution in [-0.2, 0) is 42.8 Å². The molecule has 0 aromatic carbocycles. The van der Waals surface area contributed by atoms with Crippen LogP contribution in [-0.4, -0.2) is 191 Å². The summed E-state index contributed by atoms with van der Waals surface area (Å²) in [6, 6.07) is 0. The third-order valence-electron chi connectivity index (χ3n) is 19.3. The van der Waals surface area contributed by atoms with Crippen LogP contribution in [0.5, 0.6) is 0 Å². The zero-order valence-electron chi connectivity index (χ0n) is 39.2. The highest BCUT2D eigenvalue weighted by Crippen LogP contribution is 2.76. The number of hydrogen-bond acceptors (Lipinski definition) is 19. The molecule has 7 fully saturated rings. The molecule has 21 heteroatoms. The van der Waals surface area contributed by atoms with Crippen molar-refractivity contribution >= 4 is 17.9 Å². The molecule has 8 aliphatic rings. The van der Waals surface area contributed by atoms with Gasteiger partial charge in [-0.2, -0.15) is 0 Å². The number of carboxylic acids is 2. The molecule has 386 valence electrons. The highest BCUT2D eigenvalue weighted by atomic mass is 16.7. The number of allylic oxidation sites excluding steroid dienone is 2. The summed E-state index contributed by atoms with van der Waals surface area (Å²) >= 11 is 0. The van der Waals surface area contributed by atoms with Crippen LogP contribution in [0.25, 0.3) is 0 Å². The Bertz CT molecular complexity index is 1950. The second-order valence-corrected chi connectivity index (χ2v) is 22.5. The summed E-state index contributed by atoms with van der Waals surface area (Å²) in [6.45, 7) is 8.20. The van der Waals surface area contributed by atoms with Crippen LogP contribution >= 0.6 is 0 Å². The van der Waals surface area contributed by atoms with E-state index in [1.165, 1.54) is 0 Å². The zero-order valence-corrected chi connectivity index (χ0v) is 39.2. The summed E-state index contributed by atoms with van der Waals surface area (Å²) in [7, 11) is 0. The van der Waals surface area contributed by atoms with E-state index in [1.54, 1.807) is 13.8 Å². The lowest BCUT2D eigenvalue weighted by molar-refractivity contribution is -0.328. The molecule has 3 heterocycles. The molecular formula is C47H72O21. The van der Waals surface area contributed by atoms with Crippen LogP contribution in [0.4, 0.5) is 0 Å². The van der Waals surface area contributed by atoms with Crippen molar-refractivity contribution in [2.75, 3.05) is 19.8 Å². The van der Waals surface area contributed by atoms with Crippen LogP contribution in [0, 0.1) is 50.2 Å². The van der Waals surface area contributed by atoms with E-state index in [2.05, 4.69) is 26.8 Å². The highest BCUT2D eigenvalue weighted by molar-refractivity contribution is 5.81. The number of fused-ring (bicyclic) bond motifs is 7. The standard InChI is InChI=1S/C47H72O21/c1-42(39(58)59)12-14-47(41(62)68-38-35(57)32(54)30(52)24(66-38)19-64-36-34(56)31(53)29(51)23(17-48)65-36)15-13-44(3)20(21(47)16-42)6-7-25-43(2)10-9-27(67-37-33(55)28(50)22(49)18-63-37)46(5,40(60)61)26(43)8-11-45(25,44)4/h6,21-38,48-57H,7-19H2,1-5H3,(H,58,59)(H,60,61)/t21-,22-,23+,24+,25+,26+,27-,28-,29+,30+,31-,32-,33+,34+,35+,36+,37-,38-,42+,43+,44+,45+,46-,47-/m0/s1. The van der Waals surface area contributed by atoms with Gasteiger partial charge in [-0.15, -0.1) is 0 Å². The van der Waals surface area contributed by atoms with E-state index in [1.807, 2.05) is 0 Å². The molecule has 0 aromatic heterocycles. The predicted molar refractivity (Wildman–Crippen MR) is 228 cm³/mol. The number of carbonyl (C=O) groups excluding carboxylic acids is 1. The average molecular weight is 973 g/mol. The Morgan fingerprint density at radius 2 is 1.29 bits per heavy atom. The summed E-state index contributed by atoms with van der Waals surface area (Å²) in [6.07, 6.45) is -18.2. The first kappa shape index (κ1) is 51.9. The molecule has 4 saturated carbocycles. The largest absolute Gasteiger partial charge is 0.481 e. The molecule has 8 rings (SSSR count). The molecule has 3 saturated heterocycles. The van der Waals surface area contributed by atoms with Gasteiger partial charge in [-0.1, -0.05) is 32.4 Å². The molecule has 24 atom stereocenters. The van der Waals surface area contributed by atoms with Gasteiger partial charge in [0.1, 0.15) is 67.1 Å². The Hall–Kier alpha value is -2.45. The van der Waals surface area contributed by atoms with Gasteiger partial charge >= 0.3 is 17.9 Å². The fourth-order valence-electron chi connectivity index (χ4n) is 14.6. The first-order valence-corrected chi connectivity index (χ1v) is 24.1. The van der Waals surface area contributed by atoms with Crippen molar-refractivity contribution in [3.63, 3.8) is 0 Å². The minimum absolute atomic E-state index is 0.0645. The molecule has 0 unspecified atom stereocenters. The number of ether oxygens (including phenoxy) is 6. The number of rotatable bonds is 10. The van der Waals surface area contributed by atoms with Gasteiger partial charge in [-0.3, -0.25) is 14.4 Å². The minimum atomic E-state index is -1.93. The lowest BCUT2D eigenvalue weighted by Gasteiger charge is -2.71. The quantitative estimate of drug-likeness (QED) is 0.0703. The van der Waals surface area contributed by atoms with Gasteiger partial charge in [0.2, 0.25) is 6.29 Å². The van der Waals surface area contributed by atoms with Crippen molar-refractivity contribution in [1.29, 1.82) is 0 Å². The van der Waals surface area contributed by atoms with E-state index < -0.39 is 168 Å². The van der Waals surface area contributed by atoms with Gasteiger partial charge in [0, 0.05) is 0 Å². The van der Waals surface area contributed by atoms with E-state index in [0.717, 1.165) is 5.57 Å². The van der Waals surface area contributed by atoms with Gasteiger partial charge in [-0.05, 0) is 112 Å². The molecule has 12 N–H and O–H groups in total. The summed E-state index contributed by atoms with van der Waals surface area (Å²) in [5, 5.41) is 126. The number of hydrogen-bond donors (Lipinski definition) is 12. The third-order valence-corrected chi connectivity index (χ3v) is 19.3. The van der Waals surface area contributed by atoms with Crippen molar-refractivity contribution in [3.8, 4) is 0 Å². The van der Waals surface area contributed by atoms with E-state index in [9.17, 15) is 75.7 Å². The van der Waals surface area contributed by atoms with Crippen LogP contribution in [0.15, 0.2) is 11.6 Å². The lowest BCUT2D eigenvalue weighted by Crippen LogP contribution is -2.67. The monoisotopic (exact) mass is 972 g/mol. The number of aliphatic carboxylic acids is 2. The van der Waals surface area contributed by atoms with Crippen molar-refractivity contribution in [3.05, 3.63) is 11.6 Å². The topological polar surface area (TPSA) is 349 Å². The number of esters is 1. The summed E-state index contributed by atoms with van der Waals surface area (Å²) in [5.74, 6) is -3.99. The molecule has 68 heavy (non-hydrogen) atoms. The molecular weight excluding hydrogens is 900 g/mol. The maximum absolute atomic E-state index is 15.0. The molecule has 21 nitrogen and oxygen atoms in total.